The van der Waals surface area contributed by atoms with Crippen molar-refractivity contribution in [2.45, 2.75) is 44.8 Å². The molecule has 1 unspecified atom stereocenters. The Hall–Kier alpha value is 0.455. The van der Waals surface area contributed by atoms with Gasteiger partial charge < -0.3 is 9.39 Å². The molecule has 0 aromatic carbocycles. The summed E-state index contributed by atoms with van der Waals surface area (Å²) in [5.74, 6) is 0.938. The van der Waals surface area contributed by atoms with E-state index >= 15 is 0 Å². The Kier molecular flexibility index (Phi) is 9.42. The van der Waals surface area contributed by atoms with Crippen LogP contribution in [-0.4, -0.2) is 42.7 Å². The lowest BCUT2D eigenvalue weighted by Gasteiger charge is -2.28. The maximum absolute atomic E-state index is 11.7. The highest BCUT2D eigenvalue weighted by atomic mass is 32.7. The highest BCUT2D eigenvalue weighted by molar-refractivity contribution is 8.46. The van der Waals surface area contributed by atoms with Gasteiger partial charge in [0.2, 0.25) is 0 Å². The van der Waals surface area contributed by atoms with Crippen LogP contribution >= 0.6 is 31.7 Å². The largest absolute Gasteiger partial charge is 0.434 e. The van der Waals surface area contributed by atoms with Gasteiger partial charge in [-0.1, -0.05) is 26.3 Å². The van der Waals surface area contributed by atoms with Crippen LogP contribution in [0.2, 0.25) is 0 Å². The van der Waals surface area contributed by atoms with Crippen molar-refractivity contribution in [3.8, 4) is 0 Å². The molecule has 1 radical (unpaired) electrons. The van der Waals surface area contributed by atoms with E-state index in [4.69, 9.17) is 9.39 Å². The normalized spacial score (nSPS) is 24.0. The second-order valence-electron chi connectivity index (χ2n) is 4.24. The lowest BCUT2D eigenvalue weighted by Crippen LogP contribution is -2.35. The van der Waals surface area contributed by atoms with Crippen molar-refractivity contribution in [2.75, 3.05) is 12.4 Å². The summed E-state index contributed by atoms with van der Waals surface area (Å²) in [6.07, 6.45) is 1.41. The molecule has 0 N–H and O–H groups in total. The maximum Gasteiger partial charge on any atom is 0.332 e. The van der Waals surface area contributed by atoms with Crippen molar-refractivity contribution in [1.29, 1.82) is 0 Å². The summed E-state index contributed by atoms with van der Waals surface area (Å²) < 4.78 is 11.0. The first-order chi connectivity index (χ1) is 9.15. The molecule has 8 heteroatoms. The Morgan fingerprint density at radius 1 is 1.58 bits per heavy atom. The van der Waals surface area contributed by atoms with E-state index in [9.17, 15) is 9.59 Å². The molecular weight excluding hydrogens is 302 g/mol. The standard InChI is InChI=1S/C11H19BO4PS2/c1-2-19-11(14)7-10-6-8(13)5-9(16-10)3-4-15-12-17-18/h9-10,17-18H,2-7H2,1H3/t9-,10+/m0/s1. The van der Waals surface area contributed by atoms with E-state index in [1.165, 1.54) is 11.8 Å². The second kappa shape index (κ2) is 10.2. The molecule has 0 aliphatic carbocycles. The van der Waals surface area contributed by atoms with Crippen LogP contribution in [0.15, 0.2) is 0 Å². The number of ketones is 1. The minimum absolute atomic E-state index is 0.0989. The predicted molar refractivity (Wildman–Crippen MR) is 84.3 cm³/mol. The smallest absolute Gasteiger partial charge is 0.332 e. The summed E-state index contributed by atoms with van der Waals surface area (Å²) in [4.78, 5) is 23.2. The van der Waals surface area contributed by atoms with E-state index in [1.807, 2.05) is 6.92 Å². The SMILES string of the molecule is CCSC(=O)C[C@H]1CC(=O)C[C@H](CCO[B]PS)O1. The van der Waals surface area contributed by atoms with E-state index in [1.54, 1.807) is 7.20 Å². The third-order valence-electron chi connectivity index (χ3n) is 2.69. The third kappa shape index (κ3) is 7.71. The molecule has 4 nitrogen and oxygen atoms in total. The van der Waals surface area contributed by atoms with E-state index < -0.39 is 0 Å². The van der Waals surface area contributed by atoms with Crippen molar-refractivity contribution in [3.63, 3.8) is 0 Å². The molecule has 19 heavy (non-hydrogen) atoms. The minimum Gasteiger partial charge on any atom is -0.434 e. The number of hydrogen-bond acceptors (Lipinski definition) is 6. The van der Waals surface area contributed by atoms with Crippen LogP contribution in [0, 0.1) is 0 Å². The third-order valence-corrected chi connectivity index (χ3v) is 4.05. The Bertz CT molecular complexity index is 306. The molecule has 0 amide bonds. The van der Waals surface area contributed by atoms with Gasteiger partial charge in [0.25, 0.3) is 0 Å². The first kappa shape index (κ1) is 17.5. The molecule has 3 atom stereocenters. The summed E-state index contributed by atoms with van der Waals surface area (Å²) in [7, 11) is 2.00. The van der Waals surface area contributed by atoms with Crippen LogP contribution in [0.4, 0.5) is 0 Å². The van der Waals surface area contributed by atoms with Crippen LogP contribution in [0.5, 0.6) is 0 Å². The topological polar surface area (TPSA) is 52.6 Å². The fraction of sp³-hybridized carbons (Fsp3) is 0.818. The Morgan fingerprint density at radius 3 is 3.00 bits per heavy atom. The zero-order valence-electron chi connectivity index (χ0n) is 11.0. The van der Waals surface area contributed by atoms with E-state index in [-0.39, 0.29) is 23.1 Å². The van der Waals surface area contributed by atoms with Gasteiger partial charge in [-0.25, -0.2) is 0 Å². The average molecular weight is 321 g/mol. The van der Waals surface area contributed by atoms with Crippen molar-refractivity contribution < 1.29 is 19.0 Å². The average Bonchev–Trinajstić information content (AvgIpc) is 2.34. The van der Waals surface area contributed by atoms with E-state index in [0.717, 1.165) is 5.75 Å². The second-order valence-corrected chi connectivity index (χ2v) is 6.83. The van der Waals surface area contributed by atoms with Gasteiger partial charge in [-0.2, -0.15) is 12.2 Å². The van der Waals surface area contributed by atoms with Gasteiger partial charge in [-0.05, 0) is 12.2 Å². The molecule has 1 saturated heterocycles. The van der Waals surface area contributed by atoms with Gasteiger partial charge in [0, 0.05) is 25.9 Å². The fourth-order valence-corrected chi connectivity index (χ4v) is 2.99. The van der Waals surface area contributed by atoms with Crippen molar-refractivity contribution in [2.24, 2.45) is 0 Å². The summed E-state index contributed by atoms with van der Waals surface area (Å²) >= 11 is 5.31. The molecule has 1 rings (SSSR count). The summed E-state index contributed by atoms with van der Waals surface area (Å²) in [6, 6.07) is 0. The number of Topliss-reactive ketones (excluding diaryl/α,β-unsaturated/α-hetero) is 1. The number of hydrogen-bond donors (Lipinski definition) is 1. The van der Waals surface area contributed by atoms with Gasteiger partial charge in [0.05, 0.1) is 12.2 Å². The summed E-state index contributed by atoms with van der Waals surface area (Å²) in [6.45, 7) is 2.46. The van der Waals surface area contributed by atoms with Crippen molar-refractivity contribution in [1.82, 2.24) is 0 Å². The molecule has 1 fully saturated rings. The van der Waals surface area contributed by atoms with Crippen molar-refractivity contribution >= 4 is 49.8 Å². The molecule has 0 spiro atoms. The molecular formula is C11H19BO4PS2. The molecule has 1 aliphatic heterocycles. The number of thiol groups is 1. The Labute approximate surface area is 126 Å². The van der Waals surface area contributed by atoms with E-state index in [0.29, 0.717) is 40.0 Å². The van der Waals surface area contributed by atoms with Crippen molar-refractivity contribution in [3.05, 3.63) is 0 Å². The minimum atomic E-state index is -0.256. The predicted octanol–water partition coefficient (Wildman–Crippen LogP) is 2.24. The van der Waals surface area contributed by atoms with Gasteiger partial charge >= 0.3 is 7.20 Å². The van der Waals surface area contributed by atoms with Crippen LogP contribution in [0.3, 0.4) is 0 Å². The monoisotopic (exact) mass is 321 g/mol. The lowest BCUT2D eigenvalue weighted by atomic mass is 9.99. The molecule has 0 saturated carbocycles. The molecule has 107 valence electrons. The zero-order chi connectivity index (χ0) is 14.1. The summed E-state index contributed by atoms with van der Waals surface area (Å²) in [5, 5.41) is 0.0989. The highest BCUT2D eigenvalue weighted by Crippen LogP contribution is 2.23. The number of carbonyl (C=O) groups excluding carboxylic acids is 2. The molecule has 0 aromatic heterocycles. The quantitative estimate of drug-likeness (QED) is 0.322. The van der Waals surface area contributed by atoms with Crippen LogP contribution in [-0.2, 0) is 19.0 Å². The van der Waals surface area contributed by atoms with Gasteiger partial charge in [0.1, 0.15) is 5.78 Å². The molecule has 0 bridgehead atoms. The van der Waals surface area contributed by atoms with Crippen LogP contribution in [0.25, 0.3) is 0 Å². The lowest BCUT2D eigenvalue weighted by molar-refractivity contribution is -0.138. The Balaban J connectivity index is 2.31. The first-order valence-corrected chi connectivity index (χ1v) is 9.66. The van der Waals surface area contributed by atoms with Gasteiger partial charge in [-0.3, -0.25) is 9.59 Å². The number of ether oxygens (including phenoxy) is 1. The van der Waals surface area contributed by atoms with Crippen LogP contribution in [0.1, 0.15) is 32.6 Å². The molecule has 1 aliphatic rings. The first-order valence-electron chi connectivity index (χ1n) is 6.31. The highest BCUT2D eigenvalue weighted by Gasteiger charge is 2.29. The Morgan fingerprint density at radius 2 is 2.32 bits per heavy atom. The number of carbonyl (C=O) groups is 2. The van der Waals surface area contributed by atoms with Gasteiger partial charge in [0.15, 0.2) is 5.12 Å². The van der Waals surface area contributed by atoms with Gasteiger partial charge in [-0.15, -0.1) is 0 Å². The number of rotatable bonds is 8. The fourth-order valence-electron chi connectivity index (χ4n) is 1.95. The van der Waals surface area contributed by atoms with E-state index in [2.05, 4.69) is 12.2 Å². The zero-order valence-corrected chi connectivity index (χ0v) is 13.7. The summed E-state index contributed by atoms with van der Waals surface area (Å²) in [5.41, 5.74) is 0. The molecule has 0 aromatic rings. The molecule has 1 heterocycles. The van der Waals surface area contributed by atoms with Crippen LogP contribution < -0.4 is 0 Å². The maximum atomic E-state index is 11.7. The number of thioether (sulfide) groups is 1.